The van der Waals surface area contributed by atoms with Gasteiger partial charge >= 0.3 is 6.18 Å². The number of aliphatic imine (C=N–C) groups is 1. The van der Waals surface area contributed by atoms with Crippen molar-refractivity contribution in [3.05, 3.63) is 23.5 Å². The molecule has 0 heterocycles. The summed E-state index contributed by atoms with van der Waals surface area (Å²) in [5.74, 6) is -1.40. The lowest BCUT2D eigenvalue weighted by molar-refractivity contribution is -0.105. The summed E-state index contributed by atoms with van der Waals surface area (Å²) in [7, 11) is 0. The molecule has 4 N–H and O–H groups in total. The zero-order chi connectivity index (χ0) is 16.5. The van der Waals surface area contributed by atoms with Crippen molar-refractivity contribution in [2.45, 2.75) is 30.8 Å². The molecule has 0 saturated heterocycles. The molecule has 8 heteroatoms. The average molecular weight is 335 g/mol. The van der Waals surface area contributed by atoms with Crippen LogP contribution >= 0.6 is 11.8 Å². The van der Waals surface area contributed by atoms with E-state index in [9.17, 15) is 17.6 Å². The molecular formula is C14H17F4N3S. The van der Waals surface area contributed by atoms with Gasteiger partial charge in [-0.05, 0) is 37.5 Å². The highest BCUT2D eigenvalue weighted by Gasteiger charge is 2.45. The zero-order valence-corrected chi connectivity index (χ0v) is 12.8. The molecule has 2 rings (SSSR count). The van der Waals surface area contributed by atoms with E-state index >= 15 is 0 Å². The van der Waals surface area contributed by atoms with E-state index in [2.05, 4.69) is 4.99 Å². The van der Waals surface area contributed by atoms with Crippen LogP contribution in [0.5, 0.6) is 0 Å². The first-order chi connectivity index (χ1) is 10.2. The molecule has 0 atom stereocenters. The third-order valence-corrected chi connectivity index (χ3v) is 4.89. The molecule has 0 aliphatic heterocycles. The van der Waals surface area contributed by atoms with Crippen molar-refractivity contribution >= 4 is 23.3 Å². The molecule has 1 saturated carbocycles. The molecular weight excluding hydrogens is 318 g/mol. The molecule has 3 nitrogen and oxygen atoms in total. The minimum absolute atomic E-state index is 0.0486. The van der Waals surface area contributed by atoms with Gasteiger partial charge in [0.15, 0.2) is 0 Å². The molecule has 1 fully saturated rings. The van der Waals surface area contributed by atoms with Gasteiger partial charge in [0.2, 0.25) is 0 Å². The second kappa shape index (κ2) is 6.08. The van der Waals surface area contributed by atoms with Crippen LogP contribution in [-0.2, 0) is 0 Å². The first-order valence-corrected chi connectivity index (χ1v) is 7.70. The molecule has 1 aromatic carbocycles. The summed E-state index contributed by atoms with van der Waals surface area (Å²) in [6.07, 6.45) is -2.70. The van der Waals surface area contributed by atoms with Crippen molar-refractivity contribution in [1.82, 2.24) is 0 Å². The van der Waals surface area contributed by atoms with E-state index in [1.54, 1.807) is 6.92 Å². The van der Waals surface area contributed by atoms with Gasteiger partial charge in [0.1, 0.15) is 17.3 Å². The molecule has 0 spiro atoms. The maximum absolute atomic E-state index is 14.0. The van der Waals surface area contributed by atoms with E-state index in [4.69, 9.17) is 11.5 Å². The number of aryl methyl sites for hydroxylation is 1. The number of amidine groups is 1. The van der Waals surface area contributed by atoms with Crippen molar-refractivity contribution < 1.29 is 17.6 Å². The van der Waals surface area contributed by atoms with E-state index in [1.165, 1.54) is 12.1 Å². The Morgan fingerprint density at radius 3 is 2.50 bits per heavy atom. The molecule has 0 radical (unpaired) electrons. The van der Waals surface area contributed by atoms with Crippen LogP contribution in [0.1, 0.15) is 18.4 Å². The number of hydrogen-bond donors (Lipinski definition) is 2. The summed E-state index contributed by atoms with van der Waals surface area (Å²) < 4.78 is 50.9. The quantitative estimate of drug-likeness (QED) is 0.374. The monoisotopic (exact) mass is 335 g/mol. The molecule has 0 amide bonds. The van der Waals surface area contributed by atoms with E-state index in [0.717, 1.165) is 12.8 Å². The number of alkyl halides is 3. The van der Waals surface area contributed by atoms with Crippen molar-refractivity contribution in [2.24, 2.45) is 21.9 Å². The Hall–Kier alpha value is -1.28. The van der Waals surface area contributed by atoms with Crippen molar-refractivity contribution in [3.8, 4) is 0 Å². The number of hydrogen-bond acceptors (Lipinski definition) is 3. The van der Waals surface area contributed by atoms with Gasteiger partial charge in [-0.2, -0.15) is 13.2 Å². The van der Waals surface area contributed by atoms with Crippen LogP contribution in [-0.4, -0.2) is 24.3 Å². The lowest BCUT2D eigenvalue weighted by Gasteiger charge is -2.13. The smallest absolute Gasteiger partial charge is 0.387 e. The Labute approximate surface area is 130 Å². The average Bonchev–Trinajstić information content (AvgIpc) is 3.20. The van der Waals surface area contributed by atoms with Gasteiger partial charge in [0.05, 0.1) is 5.75 Å². The fraction of sp³-hybridized carbons (Fsp3) is 0.500. The highest BCUT2D eigenvalue weighted by atomic mass is 32.2. The first kappa shape index (κ1) is 17.1. The number of rotatable bonds is 5. The minimum atomic E-state index is -4.29. The molecule has 122 valence electrons. The van der Waals surface area contributed by atoms with Crippen LogP contribution in [0, 0.1) is 18.2 Å². The molecule has 0 unspecified atom stereocenters. The summed E-state index contributed by atoms with van der Waals surface area (Å²) in [4.78, 5) is 4.39. The Morgan fingerprint density at radius 1 is 1.36 bits per heavy atom. The van der Waals surface area contributed by atoms with Crippen molar-refractivity contribution in [1.29, 1.82) is 0 Å². The number of nitrogens with zero attached hydrogens (tertiary/aromatic N) is 1. The van der Waals surface area contributed by atoms with Gasteiger partial charge in [0.25, 0.3) is 0 Å². The van der Waals surface area contributed by atoms with Crippen LogP contribution in [0.15, 0.2) is 22.0 Å². The Bertz CT molecular complexity index is 594. The summed E-state index contributed by atoms with van der Waals surface area (Å²) in [5, 5.41) is 0. The van der Waals surface area contributed by atoms with Crippen LogP contribution in [0.2, 0.25) is 0 Å². The highest BCUT2D eigenvalue weighted by molar-refractivity contribution is 7.99. The lowest BCUT2D eigenvalue weighted by atomic mass is 10.1. The normalized spacial score (nSPS) is 17.6. The lowest BCUT2D eigenvalue weighted by Crippen LogP contribution is -2.31. The largest absolute Gasteiger partial charge is 0.398 e. The first-order valence-electron chi connectivity index (χ1n) is 6.71. The van der Waals surface area contributed by atoms with E-state index in [-0.39, 0.29) is 16.9 Å². The van der Waals surface area contributed by atoms with Gasteiger partial charge in [-0.15, -0.1) is 11.8 Å². The third-order valence-electron chi connectivity index (χ3n) is 3.66. The van der Waals surface area contributed by atoms with Gasteiger partial charge < -0.3 is 11.5 Å². The fourth-order valence-corrected chi connectivity index (χ4v) is 2.81. The van der Waals surface area contributed by atoms with Crippen molar-refractivity contribution in [3.63, 3.8) is 0 Å². The number of benzene rings is 1. The summed E-state index contributed by atoms with van der Waals surface area (Å²) in [6.45, 7) is 1.88. The van der Waals surface area contributed by atoms with Crippen LogP contribution in [0.3, 0.4) is 0 Å². The van der Waals surface area contributed by atoms with Gasteiger partial charge in [0, 0.05) is 16.9 Å². The minimum Gasteiger partial charge on any atom is -0.387 e. The fourth-order valence-electron chi connectivity index (χ4n) is 2.01. The summed E-state index contributed by atoms with van der Waals surface area (Å²) in [6, 6.07) is 2.48. The van der Waals surface area contributed by atoms with E-state index in [0.29, 0.717) is 28.8 Å². The Kier molecular flexibility index (Phi) is 4.72. The van der Waals surface area contributed by atoms with Gasteiger partial charge in [-0.1, -0.05) is 0 Å². The molecule has 1 aliphatic rings. The van der Waals surface area contributed by atoms with E-state index < -0.39 is 17.7 Å². The number of nitrogens with two attached hydrogens (primary N) is 2. The predicted molar refractivity (Wildman–Crippen MR) is 79.9 cm³/mol. The highest BCUT2D eigenvalue weighted by Crippen LogP contribution is 2.45. The number of halogens is 4. The third kappa shape index (κ3) is 3.92. The SMILES string of the molecule is Cc1cc(F)c(N=C(N)C2(CN)CC2)cc1SCC(F)(F)F. The number of thioether (sulfide) groups is 1. The molecule has 0 aromatic heterocycles. The Balaban J connectivity index is 2.27. The molecule has 0 bridgehead atoms. The maximum Gasteiger partial charge on any atom is 0.398 e. The second-order valence-electron chi connectivity index (χ2n) is 5.45. The van der Waals surface area contributed by atoms with Crippen LogP contribution in [0.4, 0.5) is 23.2 Å². The van der Waals surface area contributed by atoms with E-state index in [1.807, 2.05) is 0 Å². The maximum atomic E-state index is 14.0. The summed E-state index contributed by atoms with van der Waals surface area (Å²) >= 11 is 0.606. The molecule has 1 aliphatic carbocycles. The predicted octanol–water partition coefficient (Wildman–Crippen LogP) is 3.52. The van der Waals surface area contributed by atoms with Gasteiger partial charge in [-0.25, -0.2) is 9.38 Å². The van der Waals surface area contributed by atoms with Crippen LogP contribution < -0.4 is 11.5 Å². The van der Waals surface area contributed by atoms with Crippen molar-refractivity contribution in [2.75, 3.05) is 12.3 Å². The summed E-state index contributed by atoms with van der Waals surface area (Å²) in [5.41, 5.74) is 11.5. The standard InChI is InChI=1S/C14H17F4N3S/c1-8-4-9(15)10(5-11(8)22-7-14(16,17)18)21-12(20)13(6-19)2-3-13/h4-5H,2-3,6-7,19H2,1H3,(H2,20,21). The zero-order valence-electron chi connectivity index (χ0n) is 12.0. The Morgan fingerprint density at radius 2 is 2.00 bits per heavy atom. The second-order valence-corrected chi connectivity index (χ2v) is 6.47. The topological polar surface area (TPSA) is 64.4 Å². The van der Waals surface area contributed by atoms with Crippen LogP contribution in [0.25, 0.3) is 0 Å². The molecule has 22 heavy (non-hydrogen) atoms. The van der Waals surface area contributed by atoms with Gasteiger partial charge in [-0.3, -0.25) is 0 Å². The molecule has 1 aromatic rings.